The summed E-state index contributed by atoms with van der Waals surface area (Å²) >= 11 is 0. The van der Waals surface area contributed by atoms with Crippen LogP contribution >= 0.6 is 0 Å². The van der Waals surface area contributed by atoms with Crippen LogP contribution in [-0.4, -0.2) is 77.7 Å². The Bertz CT molecular complexity index is 1620. The minimum absolute atomic E-state index is 0.00305. The van der Waals surface area contributed by atoms with Gasteiger partial charge in [0.15, 0.2) is 5.78 Å². The third kappa shape index (κ3) is 7.85. The number of pyridine rings is 1. The molecule has 2 aliphatic rings. The van der Waals surface area contributed by atoms with Crippen LogP contribution in [-0.2, 0) is 36.9 Å². The summed E-state index contributed by atoms with van der Waals surface area (Å²) < 4.78 is 42.2. The second kappa shape index (κ2) is 14.2. The fourth-order valence-corrected chi connectivity index (χ4v) is 6.06. The van der Waals surface area contributed by atoms with Gasteiger partial charge in [0.05, 0.1) is 23.1 Å². The highest BCUT2D eigenvalue weighted by molar-refractivity contribution is 6.00. The van der Waals surface area contributed by atoms with Crippen molar-refractivity contribution in [3.63, 3.8) is 0 Å². The summed E-state index contributed by atoms with van der Waals surface area (Å²) in [5.41, 5.74) is 5.59. The molecule has 1 aliphatic heterocycles. The van der Waals surface area contributed by atoms with Gasteiger partial charge in [0.1, 0.15) is 0 Å². The van der Waals surface area contributed by atoms with E-state index in [1.165, 1.54) is 12.1 Å². The molecule has 5 rings (SSSR count). The highest BCUT2D eigenvalue weighted by Gasteiger charge is 2.34. The van der Waals surface area contributed by atoms with Gasteiger partial charge in [-0.1, -0.05) is 30.3 Å². The number of aryl methyl sites for hydroxylation is 1. The van der Waals surface area contributed by atoms with E-state index in [1.807, 2.05) is 63.1 Å². The van der Waals surface area contributed by atoms with Crippen LogP contribution in [0.4, 0.5) is 18.9 Å². The van der Waals surface area contributed by atoms with E-state index in [-0.39, 0.29) is 35.8 Å². The lowest BCUT2D eigenvalue weighted by atomic mass is 9.96. The monoisotopic (exact) mass is 633 g/mol. The Hall–Kier alpha value is -4.02. The number of hydrogen-bond acceptors (Lipinski definition) is 6. The summed E-state index contributed by atoms with van der Waals surface area (Å²) in [5.74, 6) is -0.320. The van der Waals surface area contributed by atoms with E-state index < -0.39 is 11.7 Å². The highest BCUT2D eigenvalue weighted by Crippen LogP contribution is 2.34. The fourth-order valence-electron chi connectivity index (χ4n) is 6.06. The normalized spacial score (nSPS) is 15.4. The smallest absolute Gasteiger partial charge is 0.380 e. The van der Waals surface area contributed by atoms with Crippen molar-refractivity contribution in [2.75, 3.05) is 51.6 Å². The molecule has 3 aromatic rings. The number of nitrogens with one attached hydrogen (secondary N) is 1. The van der Waals surface area contributed by atoms with Crippen LogP contribution in [0.5, 0.6) is 0 Å². The molecule has 0 bridgehead atoms. The maximum atomic E-state index is 14.1. The van der Waals surface area contributed by atoms with Gasteiger partial charge in [-0.25, -0.2) is 0 Å². The largest absolute Gasteiger partial charge is 0.416 e. The quantitative estimate of drug-likeness (QED) is 0.261. The van der Waals surface area contributed by atoms with E-state index in [0.717, 1.165) is 58.4 Å². The summed E-state index contributed by atoms with van der Waals surface area (Å²) in [5, 5.41) is 3.40. The minimum atomic E-state index is -4.55. The van der Waals surface area contributed by atoms with Gasteiger partial charge in [0, 0.05) is 76.3 Å². The van der Waals surface area contributed by atoms with E-state index >= 15 is 0 Å². The van der Waals surface area contributed by atoms with Gasteiger partial charge >= 0.3 is 6.18 Å². The summed E-state index contributed by atoms with van der Waals surface area (Å²) in [6.07, 6.45) is -0.368. The topological polar surface area (TPSA) is 68.8 Å². The van der Waals surface area contributed by atoms with Gasteiger partial charge in [0.25, 0.3) is 0 Å². The number of piperazine rings is 1. The van der Waals surface area contributed by atoms with Crippen LogP contribution in [0.3, 0.4) is 0 Å². The molecule has 2 heterocycles. The summed E-state index contributed by atoms with van der Waals surface area (Å²) in [7, 11) is 2.00. The lowest BCUT2D eigenvalue weighted by Gasteiger charge is -2.33. The molecule has 1 saturated heterocycles. The lowest BCUT2D eigenvalue weighted by Crippen LogP contribution is -2.44. The summed E-state index contributed by atoms with van der Waals surface area (Å²) in [6.45, 7) is 10.9. The minimum Gasteiger partial charge on any atom is -0.380 e. The van der Waals surface area contributed by atoms with E-state index in [9.17, 15) is 22.8 Å². The number of carbonyl (C=O) groups excluding carboxylic acids is 2. The third-order valence-electron chi connectivity index (χ3n) is 9.00. The number of anilines is 1. The van der Waals surface area contributed by atoms with Gasteiger partial charge in [0.2, 0.25) is 5.91 Å². The van der Waals surface area contributed by atoms with Crippen molar-refractivity contribution in [2.45, 2.75) is 52.9 Å². The molecule has 1 amide bonds. The number of carbonyl (C=O) groups is 2. The molecule has 10 heteroatoms. The van der Waals surface area contributed by atoms with Gasteiger partial charge in [-0.15, -0.1) is 0 Å². The zero-order valence-electron chi connectivity index (χ0n) is 27.0. The molecular weight excluding hydrogens is 591 g/mol. The molecule has 1 fully saturated rings. The SMILES string of the molecule is CCN(CC)C(=O)C1=Cc2cc(NCc3cc(CC(=O)c4ccc(CN5CCN(C)CC5)c(C(F)(F)F)c4)ccc3C)cnc2C1. The first kappa shape index (κ1) is 33.3. The number of halogens is 3. The van der Waals surface area contributed by atoms with Crippen LogP contribution in [0.15, 0.2) is 54.2 Å². The molecule has 2 aromatic carbocycles. The Morgan fingerprint density at radius 2 is 1.72 bits per heavy atom. The van der Waals surface area contributed by atoms with Crippen molar-refractivity contribution < 1.29 is 22.8 Å². The van der Waals surface area contributed by atoms with Gasteiger partial charge in [-0.3, -0.25) is 19.5 Å². The van der Waals surface area contributed by atoms with E-state index in [4.69, 9.17) is 0 Å². The molecule has 0 spiro atoms. The van der Waals surface area contributed by atoms with Crippen molar-refractivity contribution in [2.24, 2.45) is 0 Å². The van der Waals surface area contributed by atoms with Gasteiger partial charge in [-0.2, -0.15) is 13.2 Å². The number of aromatic nitrogens is 1. The molecule has 0 unspecified atom stereocenters. The standard InChI is InChI=1S/C36H42F3N5O2/c1-5-44(6-2)35(46)29-17-28-18-31(22-41-33(28)20-29)40-21-30-15-25(8-7-24(30)3)16-34(45)26-9-10-27(32(19-26)36(37,38)39)23-43-13-11-42(4)12-14-43/h7-10,15,17-19,22,40H,5-6,11-14,16,20-21,23H2,1-4H3. The van der Waals surface area contributed by atoms with Gasteiger partial charge < -0.3 is 15.1 Å². The Labute approximate surface area is 269 Å². The van der Waals surface area contributed by atoms with Crippen molar-refractivity contribution in [1.29, 1.82) is 0 Å². The van der Waals surface area contributed by atoms with Crippen LogP contribution in [0.2, 0.25) is 0 Å². The van der Waals surface area contributed by atoms with E-state index in [0.29, 0.717) is 39.1 Å². The van der Waals surface area contributed by atoms with Crippen molar-refractivity contribution in [3.8, 4) is 0 Å². The predicted molar refractivity (Wildman–Crippen MR) is 175 cm³/mol. The first-order valence-corrected chi connectivity index (χ1v) is 15.9. The van der Waals surface area contributed by atoms with Gasteiger partial charge in [-0.05, 0) is 73.8 Å². The molecule has 46 heavy (non-hydrogen) atoms. The first-order valence-electron chi connectivity index (χ1n) is 15.9. The van der Waals surface area contributed by atoms with Crippen molar-refractivity contribution >= 4 is 23.5 Å². The molecular formula is C36H42F3N5O2. The maximum Gasteiger partial charge on any atom is 0.416 e. The van der Waals surface area contributed by atoms with Crippen molar-refractivity contribution in [3.05, 3.63) is 98.9 Å². The van der Waals surface area contributed by atoms with Crippen molar-refractivity contribution in [1.82, 2.24) is 19.7 Å². The number of benzene rings is 2. The molecule has 7 nitrogen and oxygen atoms in total. The van der Waals surface area contributed by atoms with Crippen LogP contribution in [0, 0.1) is 6.92 Å². The zero-order valence-corrected chi connectivity index (χ0v) is 27.0. The number of hydrogen-bond donors (Lipinski definition) is 1. The Balaban J connectivity index is 1.25. The molecule has 1 N–H and O–H groups in total. The maximum absolute atomic E-state index is 14.1. The highest BCUT2D eigenvalue weighted by atomic mass is 19.4. The number of fused-ring (bicyclic) bond motifs is 1. The second-order valence-electron chi connectivity index (χ2n) is 12.2. The van der Waals surface area contributed by atoms with Crippen LogP contribution in [0.1, 0.15) is 63.3 Å². The Kier molecular flexibility index (Phi) is 10.3. The number of ketones is 1. The van der Waals surface area contributed by atoms with Crippen LogP contribution in [0.25, 0.3) is 6.08 Å². The number of alkyl halides is 3. The first-order chi connectivity index (χ1) is 21.9. The second-order valence-corrected chi connectivity index (χ2v) is 12.2. The number of nitrogens with zero attached hydrogens (tertiary/aromatic N) is 4. The third-order valence-corrected chi connectivity index (χ3v) is 9.00. The molecule has 0 atom stereocenters. The van der Waals surface area contributed by atoms with Crippen LogP contribution < -0.4 is 5.32 Å². The van der Waals surface area contributed by atoms with E-state index in [1.54, 1.807) is 11.1 Å². The fraction of sp³-hybridized carbons (Fsp3) is 0.417. The predicted octanol–water partition coefficient (Wildman–Crippen LogP) is 6.00. The van der Waals surface area contributed by atoms with E-state index in [2.05, 4.69) is 15.2 Å². The average Bonchev–Trinajstić information content (AvgIpc) is 3.46. The molecule has 244 valence electrons. The lowest BCUT2D eigenvalue weighted by molar-refractivity contribution is -0.138. The Morgan fingerprint density at radius 3 is 2.41 bits per heavy atom. The summed E-state index contributed by atoms with van der Waals surface area (Å²) in [4.78, 5) is 36.6. The molecule has 1 aliphatic carbocycles. The number of likely N-dealkylation sites (N-methyl/N-ethyl adjacent to an activating group) is 2. The molecule has 0 saturated carbocycles. The number of rotatable bonds is 11. The number of amides is 1. The Morgan fingerprint density at radius 1 is 0.978 bits per heavy atom. The average molecular weight is 634 g/mol. The molecule has 0 radical (unpaired) electrons. The zero-order chi connectivity index (χ0) is 33.0. The number of Topliss-reactive ketones (excluding diaryl/α,β-unsaturated/α-hetero) is 1. The molecule has 1 aromatic heterocycles. The summed E-state index contributed by atoms with van der Waals surface area (Å²) in [6, 6.07) is 11.7.